The molecule has 0 fully saturated rings. The fourth-order valence-corrected chi connectivity index (χ4v) is 1.15. The third-order valence-corrected chi connectivity index (χ3v) is 1.98. The number of nitroso groups, excluding NO2 is 1. The normalized spacial score (nSPS) is 12.2. The van der Waals surface area contributed by atoms with Gasteiger partial charge < -0.3 is 4.74 Å². The molecule has 0 aliphatic rings. The Morgan fingerprint density at radius 2 is 2.15 bits per heavy atom. The van der Waals surface area contributed by atoms with E-state index in [4.69, 9.17) is 11.6 Å². The number of ether oxygens (including phenoxy) is 1. The average molecular weight is 208 g/mol. The number of nitrogens with zero attached hydrogens (tertiary/aromatic N) is 1. The monoisotopic (exact) mass is 207 g/mol. The van der Waals surface area contributed by atoms with Gasteiger partial charge >= 0.3 is 5.97 Å². The van der Waals surface area contributed by atoms with Gasteiger partial charge in [-0.3, -0.25) is 0 Å². The molecule has 0 heterocycles. The Hall–Kier alpha value is -0.640. The molecular weight excluding hydrogens is 194 g/mol. The average Bonchev–Trinajstić information content (AvgIpc) is 2.17. The Bertz CT molecular complexity index is 163. The quantitative estimate of drug-likeness (QED) is 0.278. The number of methoxy groups -OCH3 is 1. The van der Waals surface area contributed by atoms with Crippen LogP contribution in [0.2, 0.25) is 0 Å². The van der Waals surface area contributed by atoms with Gasteiger partial charge in [-0.15, -0.1) is 16.5 Å². The highest BCUT2D eigenvalue weighted by Gasteiger charge is 2.18. The van der Waals surface area contributed by atoms with Gasteiger partial charge in [0.15, 0.2) is 6.04 Å². The second-order valence-electron chi connectivity index (χ2n) is 2.68. The van der Waals surface area contributed by atoms with E-state index >= 15 is 0 Å². The van der Waals surface area contributed by atoms with Crippen molar-refractivity contribution >= 4 is 17.6 Å². The van der Waals surface area contributed by atoms with Crippen LogP contribution in [0.4, 0.5) is 0 Å². The molecule has 0 bridgehead atoms. The molecule has 0 aromatic rings. The van der Waals surface area contributed by atoms with E-state index in [1.807, 2.05) is 0 Å². The summed E-state index contributed by atoms with van der Waals surface area (Å²) in [5, 5.41) is 2.70. The lowest BCUT2D eigenvalue weighted by molar-refractivity contribution is -0.142. The van der Waals surface area contributed by atoms with Crippen molar-refractivity contribution in [3.05, 3.63) is 4.91 Å². The highest BCUT2D eigenvalue weighted by Crippen LogP contribution is 2.08. The first-order valence-corrected chi connectivity index (χ1v) is 4.76. The molecule has 0 radical (unpaired) electrons. The third-order valence-electron chi connectivity index (χ3n) is 1.71. The fraction of sp³-hybridized carbons (Fsp3) is 0.875. The van der Waals surface area contributed by atoms with Crippen molar-refractivity contribution in [2.24, 2.45) is 5.18 Å². The highest BCUT2D eigenvalue weighted by molar-refractivity contribution is 6.17. The predicted molar refractivity (Wildman–Crippen MR) is 50.8 cm³/mol. The molecule has 76 valence electrons. The summed E-state index contributed by atoms with van der Waals surface area (Å²) >= 11 is 5.46. The van der Waals surface area contributed by atoms with Crippen LogP contribution < -0.4 is 0 Å². The maximum atomic E-state index is 10.9. The molecule has 0 aromatic heterocycles. The maximum absolute atomic E-state index is 10.9. The lowest BCUT2D eigenvalue weighted by Crippen LogP contribution is -2.19. The first-order chi connectivity index (χ1) is 6.26. The van der Waals surface area contributed by atoms with Crippen LogP contribution in [0.1, 0.15) is 25.7 Å². The van der Waals surface area contributed by atoms with Crippen molar-refractivity contribution in [2.75, 3.05) is 13.0 Å². The molecule has 0 rings (SSSR count). The van der Waals surface area contributed by atoms with Gasteiger partial charge in [0, 0.05) is 5.88 Å². The van der Waals surface area contributed by atoms with Crippen LogP contribution in [-0.2, 0) is 9.53 Å². The predicted octanol–water partition coefficient (Wildman–Crippen LogP) is 2.09. The number of carbonyl (C=O) groups excluding carboxylic acids is 1. The van der Waals surface area contributed by atoms with E-state index in [2.05, 4.69) is 9.91 Å². The summed E-state index contributed by atoms with van der Waals surface area (Å²) in [6, 6.07) is -0.847. The van der Waals surface area contributed by atoms with Crippen LogP contribution >= 0.6 is 11.6 Å². The standard InChI is InChI=1S/C8H14ClNO3/c1-13-8(11)7(10-12)5-3-2-4-6-9/h7H,2-6H2,1H3. The molecule has 0 N–H and O–H groups in total. The van der Waals surface area contributed by atoms with Gasteiger partial charge in [0.25, 0.3) is 0 Å². The van der Waals surface area contributed by atoms with Crippen LogP contribution in [-0.4, -0.2) is 25.0 Å². The molecule has 0 saturated carbocycles. The van der Waals surface area contributed by atoms with E-state index in [0.29, 0.717) is 12.3 Å². The number of halogens is 1. The minimum atomic E-state index is -0.847. The van der Waals surface area contributed by atoms with E-state index < -0.39 is 12.0 Å². The molecule has 1 unspecified atom stereocenters. The summed E-state index contributed by atoms with van der Waals surface area (Å²) in [5.74, 6) is 0.0538. The maximum Gasteiger partial charge on any atom is 0.334 e. The van der Waals surface area contributed by atoms with E-state index in [1.54, 1.807) is 0 Å². The van der Waals surface area contributed by atoms with E-state index in [1.165, 1.54) is 7.11 Å². The Morgan fingerprint density at radius 3 is 2.62 bits per heavy atom. The van der Waals surface area contributed by atoms with Gasteiger partial charge in [0.05, 0.1) is 7.11 Å². The summed E-state index contributed by atoms with van der Waals surface area (Å²) in [7, 11) is 1.25. The molecule has 0 saturated heterocycles. The lowest BCUT2D eigenvalue weighted by Gasteiger charge is -2.05. The van der Waals surface area contributed by atoms with Crippen LogP contribution in [0.15, 0.2) is 5.18 Å². The lowest BCUT2D eigenvalue weighted by atomic mass is 10.1. The second kappa shape index (κ2) is 7.98. The molecule has 0 spiro atoms. The summed E-state index contributed by atoms with van der Waals surface area (Å²) < 4.78 is 4.40. The number of esters is 1. The summed E-state index contributed by atoms with van der Waals surface area (Å²) in [5.41, 5.74) is 0. The van der Waals surface area contributed by atoms with Crippen molar-refractivity contribution in [3.8, 4) is 0 Å². The fourth-order valence-electron chi connectivity index (χ4n) is 0.959. The molecule has 5 heteroatoms. The van der Waals surface area contributed by atoms with Crippen LogP contribution in [0.3, 0.4) is 0 Å². The van der Waals surface area contributed by atoms with E-state index in [-0.39, 0.29) is 0 Å². The molecule has 13 heavy (non-hydrogen) atoms. The minimum absolute atomic E-state index is 0.451. The highest BCUT2D eigenvalue weighted by atomic mass is 35.5. The Balaban J connectivity index is 3.60. The molecule has 4 nitrogen and oxygen atoms in total. The zero-order valence-corrected chi connectivity index (χ0v) is 8.42. The summed E-state index contributed by atoms with van der Waals surface area (Å²) in [6.45, 7) is 0. The largest absolute Gasteiger partial charge is 0.467 e. The number of unbranched alkanes of at least 4 members (excludes halogenated alkanes) is 2. The molecule has 0 amide bonds. The van der Waals surface area contributed by atoms with Gasteiger partial charge in [0.2, 0.25) is 0 Å². The van der Waals surface area contributed by atoms with Gasteiger partial charge in [-0.1, -0.05) is 18.0 Å². The molecule has 0 aliphatic carbocycles. The number of rotatable bonds is 7. The Kier molecular flexibility index (Phi) is 7.59. The van der Waals surface area contributed by atoms with Crippen molar-refractivity contribution < 1.29 is 9.53 Å². The Morgan fingerprint density at radius 1 is 1.46 bits per heavy atom. The van der Waals surface area contributed by atoms with E-state index in [0.717, 1.165) is 19.3 Å². The number of hydrogen-bond donors (Lipinski definition) is 0. The van der Waals surface area contributed by atoms with Crippen molar-refractivity contribution in [1.82, 2.24) is 0 Å². The van der Waals surface area contributed by atoms with Crippen LogP contribution in [0, 0.1) is 4.91 Å². The molecule has 1 atom stereocenters. The second-order valence-corrected chi connectivity index (χ2v) is 3.06. The number of hydrogen-bond acceptors (Lipinski definition) is 4. The zero-order valence-electron chi connectivity index (χ0n) is 7.66. The molecule has 0 aromatic carbocycles. The summed E-state index contributed by atoms with van der Waals surface area (Å²) in [4.78, 5) is 21.1. The number of alkyl halides is 1. The van der Waals surface area contributed by atoms with Gasteiger partial charge in [0.1, 0.15) is 0 Å². The van der Waals surface area contributed by atoms with E-state index in [9.17, 15) is 9.70 Å². The van der Waals surface area contributed by atoms with Gasteiger partial charge in [-0.05, 0) is 12.8 Å². The summed E-state index contributed by atoms with van der Waals surface area (Å²) in [6.07, 6.45) is 3.03. The third kappa shape index (κ3) is 5.58. The first kappa shape index (κ1) is 12.4. The van der Waals surface area contributed by atoms with Crippen molar-refractivity contribution in [2.45, 2.75) is 31.7 Å². The topological polar surface area (TPSA) is 55.7 Å². The van der Waals surface area contributed by atoms with Gasteiger partial charge in [-0.2, -0.15) is 0 Å². The smallest absolute Gasteiger partial charge is 0.334 e. The van der Waals surface area contributed by atoms with Crippen molar-refractivity contribution in [3.63, 3.8) is 0 Å². The first-order valence-electron chi connectivity index (χ1n) is 4.22. The minimum Gasteiger partial charge on any atom is -0.467 e. The SMILES string of the molecule is COC(=O)C(CCCCCCl)N=O. The van der Waals surface area contributed by atoms with Crippen molar-refractivity contribution in [1.29, 1.82) is 0 Å². The number of carbonyl (C=O) groups is 1. The zero-order chi connectivity index (χ0) is 10.1. The van der Waals surface area contributed by atoms with Gasteiger partial charge in [-0.25, -0.2) is 4.79 Å². The van der Waals surface area contributed by atoms with Crippen LogP contribution in [0.5, 0.6) is 0 Å². The molecule has 0 aliphatic heterocycles. The van der Waals surface area contributed by atoms with Crippen LogP contribution in [0.25, 0.3) is 0 Å². The molecular formula is C8H14ClNO3. The Labute approximate surface area is 82.6 Å².